The molecule has 2 saturated heterocycles. The van der Waals surface area contributed by atoms with Crippen LogP contribution in [0.1, 0.15) is 25.7 Å². The Morgan fingerprint density at radius 3 is 2.32 bits per heavy atom. The van der Waals surface area contributed by atoms with Gasteiger partial charge in [0.15, 0.2) is 5.79 Å². The molecule has 2 heterocycles. The zero-order valence-electron chi connectivity index (χ0n) is 15.2. The zero-order valence-corrected chi connectivity index (χ0v) is 15.2. The summed E-state index contributed by atoms with van der Waals surface area (Å²) in [7, 11) is 0. The number of rotatable bonds is 5. The van der Waals surface area contributed by atoms with Crippen LogP contribution in [-0.2, 0) is 9.47 Å². The summed E-state index contributed by atoms with van der Waals surface area (Å²) >= 11 is 0. The van der Waals surface area contributed by atoms with Gasteiger partial charge in [-0.2, -0.15) is 0 Å². The minimum Gasteiger partial charge on any atom is -0.369 e. The highest BCUT2D eigenvalue weighted by atomic mass is 16.7. The van der Waals surface area contributed by atoms with Crippen molar-refractivity contribution >= 4 is 5.69 Å². The maximum atomic E-state index is 5.81. The molecule has 1 aromatic rings. The van der Waals surface area contributed by atoms with Crippen molar-refractivity contribution in [3.8, 4) is 0 Å². The monoisotopic (exact) mass is 345 g/mol. The van der Waals surface area contributed by atoms with Crippen molar-refractivity contribution in [3.05, 3.63) is 30.3 Å². The molecule has 138 valence electrons. The minimum atomic E-state index is -0.230. The van der Waals surface area contributed by atoms with Gasteiger partial charge in [-0.05, 0) is 25.0 Å². The Bertz CT molecular complexity index is 515. The summed E-state index contributed by atoms with van der Waals surface area (Å²) in [5.41, 5.74) is 1.35. The largest absolute Gasteiger partial charge is 0.369 e. The van der Waals surface area contributed by atoms with Crippen molar-refractivity contribution in [1.29, 1.82) is 0 Å². The molecule has 0 atom stereocenters. The molecule has 2 aliphatic heterocycles. The minimum absolute atomic E-state index is 0.230. The Hall–Kier alpha value is -1.14. The highest BCUT2D eigenvalue weighted by molar-refractivity contribution is 5.46. The Balaban J connectivity index is 1.12. The van der Waals surface area contributed by atoms with Crippen molar-refractivity contribution in [3.63, 3.8) is 0 Å². The molecular weight excluding hydrogens is 314 g/mol. The first kappa shape index (κ1) is 17.3. The molecule has 5 heteroatoms. The molecule has 1 saturated carbocycles. The third kappa shape index (κ3) is 4.34. The van der Waals surface area contributed by atoms with E-state index in [1.165, 1.54) is 18.5 Å². The van der Waals surface area contributed by atoms with Gasteiger partial charge in [0.1, 0.15) is 0 Å². The molecule has 0 amide bonds. The lowest BCUT2D eigenvalue weighted by molar-refractivity contribution is -0.179. The number of nitrogens with zero attached hydrogens (tertiary/aromatic N) is 2. The molecule has 4 rings (SSSR count). The molecule has 1 aliphatic carbocycles. The molecule has 25 heavy (non-hydrogen) atoms. The smallest absolute Gasteiger partial charge is 0.168 e. The van der Waals surface area contributed by atoms with Crippen molar-refractivity contribution < 1.29 is 9.47 Å². The van der Waals surface area contributed by atoms with Crippen LogP contribution >= 0.6 is 0 Å². The number of ether oxygens (including phenoxy) is 2. The number of piperazine rings is 1. The summed E-state index contributed by atoms with van der Waals surface area (Å²) in [5.74, 6) is -0.230. The predicted molar refractivity (Wildman–Crippen MR) is 100.0 cm³/mol. The van der Waals surface area contributed by atoms with E-state index in [4.69, 9.17) is 9.47 Å². The van der Waals surface area contributed by atoms with Crippen molar-refractivity contribution in [1.82, 2.24) is 10.2 Å². The van der Waals surface area contributed by atoms with Gasteiger partial charge >= 0.3 is 0 Å². The van der Waals surface area contributed by atoms with Crippen LogP contribution in [0.2, 0.25) is 0 Å². The molecule has 0 bridgehead atoms. The van der Waals surface area contributed by atoms with Gasteiger partial charge in [-0.3, -0.25) is 4.90 Å². The van der Waals surface area contributed by atoms with Gasteiger partial charge in [-0.1, -0.05) is 18.2 Å². The van der Waals surface area contributed by atoms with Gasteiger partial charge in [-0.25, -0.2) is 0 Å². The van der Waals surface area contributed by atoms with Crippen molar-refractivity contribution in [2.24, 2.45) is 0 Å². The van der Waals surface area contributed by atoms with Crippen molar-refractivity contribution in [2.75, 3.05) is 57.4 Å². The number of nitrogens with one attached hydrogen (secondary N) is 1. The number of anilines is 1. The summed E-state index contributed by atoms with van der Waals surface area (Å²) in [4.78, 5) is 5.08. The quantitative estimate of drug-likeness (QED) is 0.884. The second kappa shape index (κ2) is 8.04. The topological polar surface area (TPSA) is 37.0 Å². The van der Waals surface area contributed by atoms with Crippen LogP contribution in [0.15, 0.2) is 30.3 Å². The van der Waals surface area contributed by atoms with Crippen LogP contribution < -0.4 is 10.2 Å². The molecule has 0 radical (unpaired) electrons. The van der Waals surface area contributed by atoms with Gasteiger partial charge in [-0.15, -0.1) is 0 Å². The molecule has 0 aromatic heterocycles. The third-order valence-corrected chi connectivity index (χ3v) is 5.92. The number of benzene rings is 1. The Morgan fingerprint density at radius 2 is 1.64 bits per heavy atom. The van der Waals surface area contributed by atoms with Gasteiger partial charge in [0.2, 0.25) is 0 Å². The van der Waals surface area contributed by atoms with E-state index >= 15 is 0 Å². The van der Waals surface area contributed by atoms with Crippen LogP contribution in [0, 0.1) is 0 Å². The van der Waals surface area contributed by atoms with E-state index in [0.717, 1.165) is 65.3 Å². The predicted octanol–water partition coefficient (Wildman–Crippen LogP) is 2.08. The van der Waals surface area contributed by atoms with Crippen LogP contribution in [0.5, 0.6) is 0 Å². The fourth-order valence-corrected chi connectivity index (χ4v) is 4.34. The van der Waals surface area contributed by atoms with E-state index in [1.54, 1.807) is 0 Å². The molecule has 3 aliphatic rings. The number of para-hydroxylation sites is 1. The zero-order chi connectivity index (χ0) is 17.0. The number of hydrogen-bond acceptors (Lipinski definition) is 5. The van der Waals surface area contributed by atoms with E-state index < -0.39 is 0 Å². The maximum absolute atomic E-state index is 5.81. The van der Waals surface area contributed by atoms with Crippen LogP contribution in [0.3, 0.4) is 0 Å². The lowest BCUT2D eigenvalue weighted by atomic mass is 9.90. The molecular formula is C20H31N3O2. The van der Waals surface area contributed by atoms with Gasteiger partial charge in [0.25, 0.3) is 0 Å². The average molecular weight is 345 g/mol. The summed E-state index contributed by atoms with van der Waals surface area (Å²) < 4.78 is 11.6. The van der Waals surface area contributed by atoms with E-state index in [0.29, 0.717) is 6.04 Å². The van der Waals surface area contributed by atoms with Gasteiger partial charge in [0.05, 0.1) is 13.2 Å². The average Bonchev–Trinajstić information content (AvgIpc) is 3.13. The van der Waals surface area contributed by atoms with Crippen molar-refractivity contribution in [2.45, 2.75) is 37.5 Å². The molecule has 1 aromatic carbocycles. The normalized spacial score (nSPS) is 24.9. The molecule has 1 spiro atoms. The fourth-order valence-electron chi connectivity index (χ4n) is 4.34. The van der Waals surface area contributed by atoms with E-state index in [9.17, 15) is 0 Å². The van der Waals surface area contributed by atoms with E-state index in [-0.39, 0.29) is 5.79 Å². The van der Waals surface area contributed by atoms with E-state index in [2.05, 4.69) is 45.4 Å². The SMILES string of the molecule is c1ccc(N2CCN(CCNC3CCC4(CC3)OCCO4)CC2)cc1. The van der Waals surface area contributed by atoms with Gasteiger partial charge < -0.3 is 19.7 Å². The summed E-state index contributed by atoms with van der Waals surface area (Å²) in [6.45, 7) is 8.36. The maximum Gasteiger partial charge on any atom is 0.168 e. The second-order valence-electron chi connectivity index (χ2n) is 7.50. The van der Waals surface area contributed by atoms with Crippen LogP contribution in [0.4, 0.5) is 5.69 Å². The summed E-state index contributed by atoms with van der Waals surface area (Å²) in [6, 6.07) is 11.4. The molecule has 1 N–H and O–H groups in total. The Labute approximate surface area is 151 Å². The lowest BCUT2D eigenvalue weighted by Crippen LogP contribution is -2.49. The fraction of sp³-hybridized carbons (Fsp3) is 0.700. The standard InChI is InChI=1S/C20H31N3O2/c1-2-4-19(5-3-1)23-14-12-22(13-15-23)11-10-21-18-6-8-20(9-7-18)24-16-17-25-20/h1-5,18,21H,6-17H2. The first-order chi connectivity index (χ1) is 12.3. The second-order valence-corrected chi connectivity index (χ2v) is 7.50. The Morgan fingerprint density at radius 1 is 0.960 bits per heavy atom. The first-order valence-electron chi connectivity index (χ1n) is 9.87. The molecule has 0 unspecified atom stereocenters. The van der Waals surface area contributed by atoms with Crippen LogP contribution in [-0.4, -0.2) is 69.2 Å². The lowest BCUT2D eigenvalue weighted by Gasteiger charge is -2.37. The molecule has 3 fully saturated rings. The summed E-state index contributed by atoms with van der Waals surface area (Å²) in [6.07, 6.45) is 4.42. The first-order valence-corrected chi connectivity index (χ1v) is 9.87. The highest BCUT2D eigenvalue weighted by Gasteiger charge is 2.40. The van der Waals surface area contributed by atoms with E-state index in [1.807, 2.05) is 0 Å². The van der Waals surface area contributed by atoms with Crippen LogP contribution in [0.25, 0.3) is 0 Å². The summed E-state index contributed by atoms with van der Waals surface area (Å²) in [5, 5.41) is 3.75. The number of hydrogen-bond donors (Lipinski definition) is 1. The molecule has 5 nitrogen and oxygen atoms in total. The van der Waals surface area contributed by atoms with Gasteiger partial charge in [0, 0.05) is 63.8 Å². The Kier molecular flexibility index (Phi) is 5.56. The third-order valence-electron chi connectivity index (χ3n) is 5.92. The highest BCUT2D eigenvalue weighted by Crippen LogP contribution is 2.35.